The van der Waals surface area contributed by atoms with Crippen LogP contribution in [0.2, 0.25) is 0 Å². The van der Waals surface area contributed by atoms with Crippen LogP contribution in [0.5, 0.6) is 5.88 Å². The van der Waals surface area contributed by atoms with Crippen LogP contribution in [-0.4, -0.2) is 38.1 Å². The number of aryl methyl sites for hydroxylation is 1. The van der Waals surface area contributed by atoms with Crippen LogP contribution in [0, 0.1) is 18.3 Å². The summed E-state index contributed by atoms with van der Waals surface area (Å²) in [5, 5.41) is 25.7. The number of ether oxygens (including phenoxy) is 1. The number of nitrogens with zero attached hydrogens (tertiary/aromatic N) is 3. The largest absolute Gasteiger partial charge is 0.473 e. The second kappa shape index (κ2) is 9.96. The molecule has 0 aliphatic carbocycles. The highest BCUT2D eigenvalue weighted by Crippen LogP contribution is 2.25. The van der Waals surface area contributed by atoms with Crippen molar-refractivity contribution in [2.75, 3.05) is 6.54 Å². The number of hydrogen-bond acceptors (Lipinski definition) is 8. The van der Waals surface area contributed by atoms with E-state index in [1.807, 2.05) is 18.4 Å². The van der Waals surface area contributed by atoms with Gasteiger partial charge in [0, 0.05) is 17.5 Å². The van der Waals surface area contributed by atoms with E-state index >= 15 is 0 Å². The van der Waals surface area contributed by atoms with Crippen LogP contribution in [0.25, 0.3) is 0 Å². The molecule has 0 aromatic carbocycles. The average Bonchev–Trinajstić information content (AvgIpc) is 3.09. The van der Waals surface area contributed by atoms with E-state index < -0.39 is 11.9 Å². The van der Waals surface area contributed by atoms with Crippen molar-refractivity contribution >= 4 is 23.5 Å². The van der Waals surface area contributed by atoms with Crippen molar-refractivity contribution in [1.82, 2.24) is 9.36 Å². The first-order valence-electron chi connectivity index (χ1n) is 7.00. The number of rotatable bonds is 5. The summed E-state index contributed by atoms with van der Waals surface area (Å²) >= 11 is 1.36. The van der Waals surface area contributed by atoms with Gasteiger partial charge in [-0.3, -0.25) is 0 Å². The highest BCUT2D eigenvalue weighted by Gasteiger charge is 2.17. The zero-order valence-electron chi connectivity index (χ0n) is 13.2. The lowest BCUT2D eigenvalue weighted by Crippen LogP contribution is -2.15. The van der Waals surface area contributed by atoms with Gasteiger partial charge in [-0.1, -0.05) is 0 Å². The van der Waals surface area contributed by atoms with Crippen molar-refractivity contribution in [3.8, 4) is 11.9 Å². The molecule has 10 heteroatoms. The topological polar surface area (TPSA) is 159 Å². The molecule has 0 aliphatic heterocycles. The van der Waals surface area contributed by atoms with Gasteiger partial charge in [-0.05, 0) is 43.2 Å². The second-order valence-corrected chi connectivity index (χ2v) is 5.30. The lowest BCUT2D eigenvalue weighted by molar-refractivity contribution is -0.159. The van der Waals surface area contributed by atoms with Crippen molar-refractivity contribution in [3.63, 3.8) is 0 Å². The van der Waals surface area contributed by atoms with Gasteiger partial charge in [-0.15, -0.1) is 0 Å². The predicted octanol–water partition coefficient (Wildman–Crippen LogP) is 1.34. The molecule has 2 heterocycles. The molecule has 0 bridgehead atoms. The van der Waals surface area contributed by atoms with E-state index in [4.69, 9.17) is 35.5 Å². The van der Waals surface area contributed by atoms with Gasteiger partial charge >= 0.3 is 11.9 Å². The quantitative estimate of drug-likeness (QED) is 0.665. The summed E-state index contributed by atoms with van der Waals surface area (Å²) in [5.74, 6) is -3.31. The lowest BCUT2D eigenvalue weighted by Gasteiger charge is -2.16. The molecule has 2 rings (SSSR count). The van der Waals surface area contributed by atoms with Crippen molar-refractivity contribution in [2.24, 2.45) is 5.73 Å². The minimum absolute atomic E-state index is 0.266. The summed E-state index contributed by atoms with van der Waals surface area (Å²) in [4.78, 5) is 22.5. The van der Waals surface area contributed by atoms with Crippen molar-refractivity contribution in [3.05, 3.63) is 40.5 Å². The van der Waals surface area contributed by atoms with Crippen molar-refractivity contribution in [1.29, 1.82) is 5.26 Å². The third kappa shape index (κ3) is 6.54. The highest BCUT2D eigenvalue weighted by molar-refractivity contribution is 7.03. The Morgan fingerprint density at radius 3 is 2.52 bits per heavy atom. The molecule has 0 saturated carbocycles. The summed E-state index contributed by atoms with van der Waals surface area (Å²) in [6.45, 7) is 2.34. The fourth-order valence-electron chi connectivity index (χ4n) is 1.65. The number of nitrogens with two attached hydrogens (primary N) is 1. The Balaban J connectivity index is 0.000000450. The van der Waals surface area contributed by atoms with Crippen LogP contribution < -0.4 is 10.5 Å². The molecule has 0 fully saturated rings. The van der Waals surface area contributed by atoms with Gasteiger partial charge in [0.25, 0.3) is 0 Å². The number of nitriles is 1. The first-order chi connectivity index (χ1) is 11.9. The van der Waals surface area contributed by atoms with Crippen LogP contribution in [0.15, 0.2) is 23.6 Å². The first-order valence-corrected chi connectivity index (χ1v) is 7.83. The molecule has 1 unspecified atom stereocenters. The molecule has 9 nitrogen and oxygen atoms in total. The number of carboxylic acid groups (broad SMARTS) is 2. The summed E-state index contributed by atoms with van der Waals surface area (Å²) < 4.78 is 10.1. The Morgan fingerprint density at radius 2 is 2.04 bits per heavy atom. The average molecular weight is 364 g/mol. The van der Waals surface area contributed by atoms with Crippen molar-refractivity contribution < 1.29 is 24.5 Å². The molecular weight excluding hydrogens is 348 g/mol. The predicted molar refractivity (Wildman–Crippen MR) is 88.1 cm³/mol. The zero-order valence-corrected chi connectivity index (χ0v) is 14.1. The maximum atomic E-state index is 9.10. The van der Waals surface area contributed by atoms with E-state index in [9.17, 15) is 0 Å². The first kappa shape index (κ1) is 20.0. The number of aliphatic carboxylic acids is 2. The molecular formula is C15H16N4O5S. The Hall–Kier alpha value is -3.03. The van der Waals surface area contributed by atoms with E-state index in [1.165, 1.54) is 11.5 Å². The Labute approximate surface area is 147 Å². The Bertz CT molecular complexity index is 746. The number of carbonyl (C=O) groups is 2. The normalized spacial score (nSPS) is 10.8. The Kier molecular flexibility index (Phi) is 7.98. The molecule has 25 heavy (non-hydrogen) atoms. The third-order valence-corrected chi connectivity index (χ3v) is 3.35. The maximum absolute atomic E-state index is 9.10. The third-order valence-electron chi connectivity index (χ3n) is 2.77. The second-order valence-electron chi connectivity index (χ2n) is 4.64. The summed E-state index contributed by atoms with van der Waals surface area (Å²) in [7, 11) is 0. The van der Waals surface area contributed by atoms with Crippen LogP contribution in [-0.2, 0) is 9.59 Å². The lowest BCUT2D eigenvalue weighted by atomic mass is 10.2. The van der Waals surface area contributed by atoms with Gasteiger partial charge < -0.3 is 20.7 Å². The molecule has 0 aliphatic rings. The fraction of sp³-hybridized carbons (Fsp3) is 0.267. The van der Waals surface area contributed by atoms with E-state index in [2.05, 4.69) is 15.4 Å². The minimum Gasteiger partial charge on any atom is -0.473 e. The molecule has 1 atom stereocenters. The van der Waals surface area contributed by atoms with Gasteiger partial charge in [0.15, 0.2) is 0 Å². The molecule has 0 saturated heterocycles. The van der Waals surface area contributed by atoms with Crippen LogP contribution in [0.4, 0.5) is 0 Å². The van der Waals surface area contributed by atoms with E-state index in [1.54, 1.807) is 12.1 Å². The zero-order chi connectivity index (χ0) is 18.8. The molecule has 2 aromatic heterocycles. The van der Waals surface area contributed by atoms with Gasteiger partial charge in [0.1, 0.15) is 17.7 Å². The van der Waals surface area contributed by atoms with Gasteiger partial charge in [-0.2, -0.15) is 9.64 Å². The van der Waals surface area contributed by atoms with Crippen LogP contribution in [0.1, 0.15) is 29.5 Å². The minimum atomic E-state index is -1.82. The highest BCUT2D eigenvalue weighted by atomic mass is 32.1. The molecule has 4 N–H and O–H groups in total. The summed E-state index contributed by atoms with van der Waals surface area (Å²) in [6, 6.07) is 7.47. The summed E-state index contributed by atoms with van der Waals surface area (Å²) in [6.07, 6.45) is 0.363. The van der Waals surface area contributed by atoms with Gasteiger partial charge in [-0.25, -0.2) is 14.6 Å². The van der Waals surface area contributed by atoms with E-state index in [0.717, 1.165) is 11.4 Å². The van der Waals surface area contributed by atoms with Gasteiger partial charge in [0.05, 0.1) is 5.69 Å². The van der Waals surface area contributed by atoms with E-state index in [0.29, 0.717) is 24.4 Å². The van der Waals surface area contributed by atoms with Crippen LogP contribution >= 0.6 is 11.5 Å². The number of pyridine rings is 1. The summed E-state index contributed by atoms with van der Waals surface area (Å²) in [5.41, 5.74) is 7.65. The molecule has 132 valence electrons. The molecule has 0 amide bonds. The van der Waals surface area contributed by atoms with Crippen molar-refractivity contribution in [2.45, 2.75) is 19.4 Å². The SMILES string of the molecule is Cc1ccc(C#N)c(OC(CCN)c2ccsn2)n1.O=C(O)C(=O)O. The number of hydrogen-bond donors (Lipinski definition) is 3. The molecule has 2 aromatic rings. The van der Waals surface area contributed by atoms with Gasteiger partial charge in [0.2, 0.25) is 5.88 Å². The molecule has 0 radical (unpaired) electrons. The number of carboxylic acids is 2. The Morgan fingerprint density at radius 1 is 1.36 bits per heavy atom. The van der Waals surface area contributed by atoms with Crippen LogP contribution in [0.3, 0.4) is 0 Å². The van der Waals surface area contributed by atoms with E-state index in [-0.39, 0.29) is 6.10 Å². The fourth-order valence-corrected chi connectivity index (χ4v) is 2.21. The number of aromatic nitrogens is 2. The smallest absolute Gasteiger partial charge is 0.414 e. The standard InChI is InChI=1S/C13H14N4OS.C2H2O4/c1-9-2-3-10(8-15)13(16-9)18-12(4-6-14)11-5-7-19-17-11;3-1(4)2(5)6/h2-3,5,7,12H,4,6,14H2,1H3;(H,3,4)(H,5,6). The molecule has 0 spiro atoms. The monoisotopic (exact) mass is 364 g/mol. The maximum Gasteiger partial charge on any atom is 0.414 e.